The van der Waals surface area contributed by atoms with E-state index in [9.17, 15) is 31.1 Å². The van der Waals surface area contributed by atoms with Crippen molar-refractivity contribution < 1.29 is 31.1 Å². The van der Waals surface area contributed by atoms with Gasteiger partial charge in [0.25, 0.3) is 5.91 Å². The first-order valence-corrected chi connectivity index (χ1v) is 10.3. The van der Waals surface area contributed by atoms with Crippen molar-refractivity contribution in [2.75, 3.05) is 0 Å². The Labute approximate surface area is 195 Å². The average Bonchev–Trinajstić information content (AvgIpc) is 3.29. The van der Waals surface area contributed by atoms with E-state index in [2.05, 4.69) is 10.4 Å². The zero-order chi connectivity index (χ0) is 25.2. The van der Waals surface area contributed by atoms with E-state index >= 15 is 0 Å². The summed E-state index contributed by atoms with van der Waals surface area (Å²) < 4.78 is 80.3. The largest absolute Gasteiger partial charge is 0.434 e. The van der Waals surface area contributed by atoms with Crippen LogP contribution in [0.3, 0.4) is 0 Å². The second-order valence-electron chi connectivity index (χ2n) is 7.61. The Morgan fingerprint density at radius 3 is 2.09 bits per heavy atom. The zero-order valence-electron chi connectivity index (χ0n) is 17.9. The molecule has 0 spiro atoms. The smallest absolute Gasteiger partial charge is 0.348 e. The molecule has 3 aromatic carbocycles. The summed E-state index contributed by atoms with van der Waals surface area (Å²) in [5.41, 5.74) is -0.910. The van der Waals surface area contributed by atoms with Gasteiger partial charge in [0, 0.05) is 6.54 Å². The Balaban J connectivity index is 1.58. The SMILES string of the molecule is O=C(NCc1cccc(-c2ccccc2)c1)c1cnn(-c2ccc(C(F)(F)F)cc2)c1C(F)(F)F. The van der Waals surface area contributed by atoms with Crippen LogP contribution in [0.1, 0.15) is 27.2 Å². The molecule has 0 bridgehead atoms. The third-order valence-electron chi connectivity index (χ3n) is 5.21. The predicted octanol–water partition coefficient (Wildman–Crippen LogP) is 6.51. The lowest BCUT2D eigenvalue weighted by atomic mass is 10.0. The van der Waals surface area contributed by atoms with Gasteiger partial charge in [-0.05, 0) is 47.0 Å². The van der Waals surface area contributed by atoms with Crippen molar-refractivity contribution in [3.05, 3.63) is 107 Å². The summed E-state index contributed by atoms with van der Waals surface area (Å²) in [4.78, 5) is 12.7. The molecule has 1 heterocycles. The molecule has 0 radical (unpaired) electrons. The third-order valence-corrected chi connectivity index (χ3v) is 5.21. The third kappa shape index (κ3) is 5.37. The van der Waals surface area contributed by atoms with Crippen molar-refractivity contribution in [1.82, 2.24) is 15.1 Å². The Kier molecular flexibility index (Phi) is 6.38. The molecule has 0 unspecified atom stereocenters. The van der Waals surface area contributed by atoms with Crippen molar-refractivity contribution in [3.63, 3.8) is 0 Å². The van der Waals surface area contributed by atoms with Gasteiger partial charge >= 0.3 is 12.4 Å². The molecule has 4 aromatic rings. The predicted molar refractivity (Wildman–Crippen MR) is 117 cm³/mol. The fourth-order valence-corrected chi connectivity index (χ4v) is 3.54. The second-order valence-corrected chi connectivity index (χ2v) is 7.61. The first kappa shape index (κ1) is 24.1. The van der Waals surface area contributed by atoms with E-state index in [0.29, 0.717) is 22.4 Å². The number of rotatable bonds is 5. The number of nitrogens with zero attached hydrogens (tertiary/aromatic N) is 2. The maximum Gasteiger partial charge on any atom is 0.434 e. The van der Waals surface area contributed by atoms with Gasteiger partial charge in [-0.25, -0.2) is 4.68 Å². The van der Waals surface area contributed by atoms with Crippen LogP contribution in [0.25, 0.3) is 16.8 Å². The van der Waals surface area contributed by atoms with E-state index in [1.165, 1.54) is 0 Å². The molecule has 180 valence electrons. The molecular weight excluding hydrogens is 472 g/mol. The van der Waals surface area contributed by atoms with Crippen LogP contribution in [0.5, 0.6) is 0 Å². The summed E-state index contributed by atoms with van der Waals surface area (Å²) in [6, 6.07) is 19.6. The first-order chi connectivity index (χ1) is 16.5. The van der Waals surface area contributed by atoms with Gasteiger partial charge in [0.15, 0.2) is 5.69 Å². The van der Waals surface area contributed by atoms with Crippen molar-refractivity contribution in [2.24, 2.45) is 0 Å². The molecule has 0 aliphatic carbocycles. The van der Waals surface area contributed by atoms with Crippen LogP contribution in [-0.4, -0.2) is 15.7 Å². The highest BCUT2D eigenvalue weighted by Gasteiger charge is 2.40. The molecule has 10 heteroatoms. The van der Waals surface area contributed by atoms with Gasteiger partial charge in [0.2, 0.25) is 0 Å². The summed E-state index contributed by atoms with van der Waals surface area (Å²) in [7, 11) is 0. The maximum atomic E-state index is 13.8. The van der Waals surface area contributed by atoms with Gasteiger partial charge in [0.1, 0.15) is 0 Å². The fourth-order valence-electron chi connectivity index (χ4n) is 3.54. The zero-order valence-corrected chi connectivity index (χ0v) is 17.9. The molecule has 0 atom stereocenters. The molecule has 1 aromatic heterocycles. The van der Waals surface area contributed by atoms with Crippen LogP contribution in [0, 0.1) is 0 Å². The number of hydrogen-bond acceptors (Lipinski definition) is 2. The number of carbonyl (C=O) groups is 1. The lowest BCUT2D eigenvalue weighted by Gasteiger charge is -2.14. The van der Waals surface area contributed by atoms with Crippen LogP contribution in [0.4, 0.5) is 26.3 Å². The van der Waals surface area contributed by atoms with E-state index in [1.807, 2.05) is 42.5 Å². The number of hydrogen-bond donors (Lipinski definition) is 1. The van der Waals surface area contributed by atoms with Gasteiger partial charge in [0.05, 0.1) is 23.0 Å². The monoisotopic (exact) mass is 489 g/mol. The van der Waals surface area contributed by atoms with E-state index < -0.39 is 35.1 Å². The number of nitrogens with one attached hydrogen (secondary N) is 1. The van der Waals surface area contributed by atoms with Crippen molar-refractivity contribution in [1.29, 1.82) is 0 Å². The molecule has 4 nitrogen and oxygen atoms in total. The highest BCUT2D eigenvalue weighted by atomic mass is 19.4. The molecule has 4 rings (SSSR count). The quantitative estimate of drug-likeness (QED) is 0.325. The Bertz CT molecular complexity index is 1330. The second kappa shape index (κ2) is 9.28. The van der Waals surface area contributed by atoms with Gasteiger partial charge in [-0.3, -0.25) is 4.79 Å². The molecule has 35 heavy (non-hydrogen) atoms. The standard InChI is InChI=1S/C25H17F6N3O/c26-24(27,28)19-9-11-20(12-10-19)34-22(25(29,30)31)21(15-33-34)23(35)32-14-16-5-4-8-18(13-16)17-6-2-1-3-7-17/h1-13,15H,14H2,(H,32,35). The number of benzene rings is 3. The summed E-state index contributed by atoms with van der Waals surface area (Å²) in [6.45, 7) is -0.0394. The van der Waals surface area contributed by atoms with Gasteiger partial charge < -0.3 is 5.32 Å². The van der Waals surface area contributed by atoms with Crippen LogP contribution < -0.4 is 5.32 Å². The minimum atomic E-state index is -4.99. The normalized spacial score (nSPS) is 11.9. The first-order valence-electron chi connectivity index (χ1n) is 10.3. The molecule has 0 saturated heterocycles. The van der Waals surface area contributed by atoms with Gasteiger partial charge in [-0.15, -0.1) is 0 Å². The van der Waals surface area contributed by atoms with Gasteiger partial charge in [-0.1, -0.05) is 48.5 Å². The molecule has 0 saturated carbocycles. The number of aromatic nitrogens is 2. The lowest BCUT2D eigenvalue weighted by Crippen LogP contribution is -2.26. The molecule has 0 fully saturated rings. The molecular formula is C25H17F6N3O. The Hall–Kier alpha value is -4.08. The molecule has 0 aliphatic rings. The number of alkyl halides is 6. The molecule has 1 amide bonds. The highest BCUT2D eigenvalue weighted by molar-refractivity contribution is 5.95. The molecule has 1 N–H and O–H groups in total. The fraction of sp³-hybridized carbons (Fsp3) is 0.120. The number of carbonyl (C=O) groups excluding carboxylic acids is 1. The van der Waals surface area contributed by atoms with E-state index in [0.717, 1.165) is 29.5 Å². The van der Waals surface area contributed by atoms with Crippen LogP contribution in [0.2, 0.25) is 0 Å². The summed E-state index contributed by atoms with van der Waals surface area (Å²) in [5.74, 6) is -1.01. The minimum absolute atomic E-state index is 0.0394. The molecule has 0 aliphatic heterocycles. The van der Waals surface area contributed by atoms with Crippen molar-refractivity contribution >= 4 is 5.91 Å². The van der Waals surface area contributed by atoms with Crippen LogP contribution in [-0.2, 0) is 18.9 Å². The van der Waals surface area contributed by atoms with E-state index in [1.54, 1.807) is 12.1 Å². The van der Waals surface area contributed by atoms with E-state index in [4.69, 9.17) is 0 Å². The lowest BCUT2D eigenvalue weighted by molar-refractivity contribution is -0.143. The van der Waals surface area contributed by atoms with E-state index in [-0.39, 0.29) is 12.2 Å². The Morgan fingerprint density at radius 2 is 1.46 bits per heavy atom. The maximum absolute atomic E-state index is 13.8. The summed E-state index contributed by atoms with van der Waals surface area (Å²) in [5, 5.41) is 6.09. The summed E-state index contributed by atoms with van der Waals surface area (Å²) >= 11 is 0. The number of amides is 1. The Morgan fingerprint density at radius 1 is 0.800 bits per heavy atom. The highest BCUT2D eigenvalue weighted by Crippen LogP contribution is 2.35. The van der Waals surface area contributed by atoms with Crippen LogP contribution in [0.15, 0.2) is 85.1 Å². The number of halogens is 6. The summed E-state index contributed by atoms with van der Waals surface area (Å²) in [6.07, 6.45) is -8.88. The minimum Gasteiger partial charge on any atom is -0.348 e. The van der Waals surface area contributed by atoms with Crippen molar-refractivity contribution in [3.8, 4) is 16.8 Å². The topological polar surface area (TPSA) is 46.9 Å². The van der Waals surface area contributed by atoms with Gasteiger partial charge in [-0.2, -0.15) is 31.4 Å². The van der Waals surface area contributed by atoms with Crippen LogP contribution >= 0.6 is 0 Å². The average molecular weight is 489 g/mol. The van der Waals surface area contributed by atoms with Crippen molar-refractivity contribution in [2.45, 2.75) is 18.9 Å².